The van der Waals surface area contributed by atoms with Gasteiger partial charge in [-0.1, -0.05) is 15.9 Å². The average Bonchev–Trinajstić information content (AvgIpc) is 3.16. The first-order valence-corrected chi connectivity index (χ1v) is 7.47. The van der Waals surface area contributed by atoms with Crippen molar-refractivity contribution in [3.63, 3.8) is 0 Å². The fourth-order valence-corrected chi connectivity index (χ4v) is 2.85. The number of hydrogen-bond donors (Lipinski definition) is 1. The monoisotopic (exact) mass is 342 g/mol. The third-order valence-electron chi connectivity index (χ3n) is 3.78. The molecule has 1 saturated carbocycles. The molecule has 0 radical (unpaired) electrons. The van der Waals surface area contributed by atoms with Crippen LogP contribution in [-0.2, 0) is 11.3 Å². The van der Waals surface area contributed by atoms with Crippen molar-refractivity contribution in [3.05, 3.63) is 38.3 Å². The Morgan fingerprint density at radius 1 is 1.45 bits per heavy atom. The molecule has 1 aliphatic rings. The highest BCUT2D eigenvalue weighted by molar-refractivity contribution is 9.10. The summed E-state index contributed by atoms with van der Waals surface area (Å²) in [6, 6.07) is 5.05. The number of benzene rings is 1. The van der Waals surface area contributed by atoms with Crippen LogP contribution in [0.3, 0.4) is 0 Å². The SMILES string of the molecule is COCCC1(CNCc2cc(Br)cc([N+](=O)[O-])c2)CC1. The van der Waals surface area contributed by atoms with Crippen LogP contribution >= 0.6 is 15.9 Å². The van der Waals surface area contributed by atoms with Crippen molar-refractivity contribution in [2.45, 2.75) is 25.8 Å². The van der Waals surface area contributed by atoms with Gasteiger partial charge >= 0.3 is 0 Å². The molecule has 0 amide bonds. The summed E-state index contributed by atoms with van der Waals surface area (Å²) in [5.41, 5.74) is 1.43. The Morgan fingerprint density at radius 3 is 2.80 bits per heavy atom. The van der Waals surface area contributed by atoms with Crippen LogP contribution in [0.2, 0.25) is 0 Å². The summed E-state index contributed by atoms with van der Waals surface area (Å²) in [7, 11) is 1.73. The zero-order valence-electron chi connectivity index (χ0n) is 11.5. The number of nitro groups is 1. The molecular formula is C14H19BrN2O3. The standard InChI is InChI=1S/C14H19BrN2O3/c1-20-5-4-14(2-3-14)10-16-9-11-6-12(15)8-13(7-11)17(18)19/h6-8,16H,2-5,9-10H2,1H3. The molecule has 1 aromatic carbocycles. The maximum atomic E-state index is 10.8. The van der Waals surface area contributed by atoms with Gasteiger partial charge in [-0.05, 0) is 36.3 Å². The third-order valence-corrected chi connectivity index (χ3v) is 4.23. The lowest BCUT2D eigenvalue weighted by Crippen LogP contribution is -2.24. The summed E-state index contributed by atoms with van der Waals surface area (Å²) in [5, 5.41) is 14.2. The lowest BCUT2D eigenvalue weighted by Gasteiger charge is -2.15. The molecule has 20 heavy (non-hydrogen) atoms. The van der Waals surface area contributed by atoms with Gasteiger partial charge in [0.05, 0.1) is 4.92 Å². The van der Waals surface area contributed by atoms with E-state index < -0.39 is 0 Å². The van der Waals surface area contributed by atoms with Crippen LogP contribution in [-0.4, -0.2) is 25.2 Å². The van der Waals surface area contributed by atoms with Crippen molar-refractivity contribution in [3.8, 4) is 0 Å². The molecule has 1 fully saturated rings. The molecule has 0 unspecified atom stereocenters. The Kier molecular flexibility index (Phi) is 5.12. The summed E-state index contributed by atoms with van der Waals surface area (Å²) in [6.07, 6.45) is 3.55. The third kappa shape index (κ3) is 4.26. The van der Waals surface area contributed by atoms with Crippen molar-refractivity contribution >= 4 is 21.6 Å². The molecule has 0 spiro atoms. The van der Waals surface area contributed by atoms with E-state index in [4.69, 9.17) is 4.74 Å². The molecule has 6 heteroatoms. The molecule has 2 rings (SSSR count). The van der Waals surface area contributed by atoms with Gasteiger partial charge in [-0.2, -0.15) is 0 Å². The minimum Gasteiger partial charge on any atom is -0.385 e. The van der Waals surface area contributed by atoms with E-state index in [1.54, 1.807) is 13.2 Å². The summed E-state index contributed by atoms with van der Waals surface area (Å²) in [4.78, 5) is 10.5. The number of hydrogen-bond acceptors (Lipinski definition) is 4. The largest absolute Gasteiger partial charge is 0.385 e. The fourth-order valence-electron chi connectivity index (χ4n) is 2.32. The molecule has 1 N–H and O–H groups in total. The fraction of sp³-hybridized carbons (Fsp3) is 0.571. The van der Waals surface area contributed by atoms with Crippen molar-refractivity contribution < 1.29 is 9.66 Å². The number of nitrogens with one attached hydrogen (secondary N) is 1. The Hall–Kier alpha value is -0.980. The van der Waals surface area contributed by atoms with Gasteiger partial charge in [-0.15, -0.1) is 0 Å². The van der Waals surface area contributed by atoms with Gasteiger partial charge in [0.2, 0.25) is 0 Å². The van der Waals surface area contributed by atoms with Crippen molar-refractivity contribution in [1.82, 2.24) is 5.32 Å². The quantitative estimate of drug-likeness (QED) is 0.581. The van der Waals surface area contributed by atoms with Crippen LogP contribution in [0.25, 0.3) is 0 Å². The molecule has 0 aromatic heterocycles. The predicted molar refractivity (Wildman–Crippen MR) is 80.7 cm³/mol. The van der Waals surface area contributed by atoms with Gasteiger partial charge in [-0.3, -0.25) is 10.1 Å². The highest BCUT2D eigenvalue weighted by Gasteiger charge is 2.41. The summed E-state index contributed by atoms with van der Waals surface area (Å²) in [6.45, 7) is 2.38. The molecule has 1 aromatic rings. The second-order valence-electron chi connectivity index (χ2n) is 5.42. The summed E-state index contributed by atoms with van der Waals surface area (Å²) in [5.74, 6) is 0. The highest BCUT2D eigenvalue weighted by Crippen LogP contribution is 2.48. The molecule has 0 heterocycles. The molecule has 0 aliphatic heterocycles. The van der Waals surface area contributed by atoms with Gasteiger partial charge in [-0.25, -0.2) is 0 Å². The lowest BCUT2D eigenvalue weighted by atomic mass is 10.0. The van der Waals surface area contributed by atoms with E-state index in [1.165, 1.54) is 18.9 Å². The van der Waals surface area contributed by atoms with Crippen LogP contribution in [0.5, 0.6) is 0 Å². The lowest BCUT2D eigenvalue weighted by molar-refractivity contribution is -0.385. The molecule has 0 atom stereocenters. The van der Waals surface area contributed by atoms with Crippen LogP contribution < -0.4 is 5.32 Å². The van der Waals surface area contributed by atoms with Crippen molar-refractivity contribution in [2.24, 2.45) is 5.41 Å². The minimum absolute atomic E-state index is 0.122. The number of methoxy groups -OCH3 is 1. The van der Waals surface area contributed by atoms with Crippen LogP contribution in [0.1, 0.15) is 24.8 Å². The normalized spacial score (nSPS) is 16.1. The number of nitro benzene ring substituents is 1. The molecule has 0 saturated heterocycles. The van der Waals surface area contributed by atoms with E-state index in [1.807, 2.05) is 6.07 Å². The number of non-ortho nitro benzene ring substituents is 1. The molecule has 5 nitrogen and oxygen atoms in total. The zero-order chi connectivity index (χ0) is 14.6. The van der Waals surface area contributed by atoms with E-state index in [-0.39, 0.29) is 10.6 Å². The van der Waals surface area contributed by atoms with E-state index >= 15 is 0 Å². The van der Waals surface area contributed by atoms with Gasteiger partial charge in [0, 0.05) is 43.4 Å². The summed E-state index contributed by atoms with van der Waals surface area (Å²) < 4.78 is 5.87. The van der Waals surface area contributed by atoms with E-state index in [9.17, 15) is 10.1 Å². The van der Waals surface area contributed by atoms with E-state index in [0.717, 1.165) is 29.6 Å². The molecule has 0 bridgehead atoms. The van der Waals surface area contributed by atoms with Gasteiger partial charge in [0.15, 0.2) is 0 Å². The Labute approximate surface area is 127 Å². The average molecular weight is 343 g/mol. The molecular weight excluding hydrogens is 324 g/mol. The Morgan fingerprint density at radius 2 is 2.20 bits per heavy atom. The Bertz CT molecular complexity index is 489. The second-order valence-corrected chi connectivity index (χ2v) is 6.34. The first-order chi connectivity index (χ1) is 9.54. The molecule has 1 aliphatic carbocycles. The minimum atomic E-state index is -0.366. The van der Waals surface area contributed by atoms with Crippen LogP contribution in [0.4, 0.5) is 5.69 Å². The topological polar surface area (TPSA) is 64.4 Å². The number of halogens is 1. The smallest absolute Gasteiger partial charge is 0.270 e. The van der Waals surface area contributed by atoms with Crippen molar-refractivity contribution in [1.29, 1.82) is 0 Å². The van der Waals surface area contributed by atoms with E-state index in [0.29, 0.717) is 12.0 Å². The highest BCUT2D eigenvalue weighted by atomic mass is 79.9. The number of ether oxygens (including phenoxy) is 1. The second kappa shape index (κ2) is 6.65. The molecule has 110 valence electrons. The van der Waals surface area contributed by atoms with Gasteiger partial charge in [0.25, 0.3) is 5.69 Å². The number of rotatable bonds is 8. The number of nitrogens with zero attached hydrogens (tertiary/aromatic N) is 1. The van der Waals surface area contributed by atoms with Crippen molar-refractivity contribution in [2.75, 3.05) is 20.3 Å². The van der Waals surface area contributed by atoms with Crippen LogP contribution in [0, 0.1) is 15.5 Å². The first-order valence-electron chi connectivity index (χ1n) is 6.68. The first kappa shape index (κ1) is 15.4. The zero-order valence-corrected chi connectivity index (χ0v) is 13.1. The Balaban J connectivity index is 1.86. The van der Waals surface area contributed by atoms with Gasteiger partial charge in [0.1, 0.15) is 0 Å². The predicted octanol–water partition coefficient (Wildman–Crippen LogP) is 3.26. The van der Waals surface area contributed by atoms with E-state index in [2.05, 4.69) is 21.2 Å². The van der Waals surface area contributed by atoms with Gasteiger partial charge < -0.3 is 10.1 Å². The summed E-state index contributed by atoms with van der Waals surface area (Å²) >= 11 is 3.31. The maximum absolute atomic E-state index is 10.8. The maximum Gasteiger partial charge on any atom is 0.270 e. The van der Waals surface area contributed by atoms with Crippen LogP contribution in [0.15, 0.2) is 22.7 Å².